The van der Waals surface area contributed by atoms with Gasteiger partial charge in [-0.05, 0) is 38.8 Å². The summed E-state index contributed by atoms with van der Waals surface area (Å²) in [5, 5.41) is 37.9. The van der Waals surface area contributed by atoms with Crippen molar-refractivity contribution in [3.63, 3.8) is 0 Å². The van der Waals surface area contributed by atoms with Crippen molar-refractivity contribution in [3.8, 4) is 6.07 Å². The van der Waals surface area contributed by atoms with E-state index in [2.05, 4.69) is 15.4 Å². The first-order valence-electron chi connectivity index (χ1n) is 12.2. The van der Waals surface area contributed by atoms with Crippen molar-refractivity contribution in [1.82, 2.24) is 19.9 Å². The zero-order valence-corrected chi connectivity index (χ0v) is 19.8. The second-order valence-corrected chi connectivity index (χ2v) is 9.31. The molecule has 35 heavy (non-hydrogen) atoms. The molecule has 5 N–H and O–H groups in total. The first kappa shape index (κ1) is 22.0. The fraction of sp³-hybridized carbons (Fsp3) is 0.591. The molecule has 0 radical (unpaired) electrons. The number of aromatic nitrogens is 3. The number of fused-ring (bicyclic) bond motifs is 1. The summed E-state index contributed by atoms with van der Waals surface area (Å²) in [6.45, 7) is 4.93. The molecule has 190 valence electrons. The Balaban J connectivity index is 1.91. The van der Waals surface area contributed by atoms with Crippen LogP contribution in [0.25, 0.3) is 5.52 Å². The van der Waals surface area contributed by atoms with Crippen molar-refractivity contribution in [2.24, 2.45) is 5.92 Å². The number of anilines is 1. The van der Waals surface area contributed by atoms with Crippen LogP contribution in [-0.2, 0) is 24.6 Å². The number of nitrogens with one attached hydrogen (secondary N) is 1. The molecular weight excluding hydrogens is 460 g/mol. The number of aliphatic hydroxyl groups is 2. The molecule has 2 aromatic heterocycles. The van der Waals surface area contributed by atoms with E-state index in [4.69, 9.17) is 24.1 Å². The van der Waals surface area contributed by atoms with Gasteiger partial charge in [-0.2, -0.15) is 10.4 Å². The van der Waals surface area contributed by atoms with Gasteiger partial charge in [-0.15, -0.1) is 0 Å². The Bertz CT molecular complexity index is 1270. The van der Waals surface area contributed by atoms with Gasteiger partial charge >= 0.3 is 12.1 Å². The lowest BCUT2D eigenvalue weighted by Gasteiger charge is -2.25. The Morgan fingerprint density at radius 1 is 1.49 bits per heavy atom. The number of aliphatic hydroxyl groups excluding tert-OH is 2. The van der Waals surface area contributed by atoms with E-state index in [1.54, 1.807) is 40.7 Å². The normalized spacial score (nSPS) is 26.9. The maximum atomic E-state index is 12.9. The van der Waals surface area contributed by atoms with E-state index in [-0.39, 0.29) is 23.1 Å². The van der Waals surface area contributed by atoms with Gasteiger partial charge < -0.3 is 35.5 Å². The van der Waals surface area contributed by atoms with Gasteiger partial charge in [0.15, 0.2) is 5.82 Å². The number of hydrogen-bond acceptors (Lipinski definition) is 11. The van der Waals surface area contributed by atoms with Crippen LogP contribution in [0.3, 0.4) is 0 Å². The summed E-state index contributed by atoms with van der Waals surface area (Å²) >= 11 is 0. The molecule has 2 aromatic rings. The number of nitrogens with zero attached hydrogens (tertiary/aromatic N) is 4. The van der Waals surface area contributed by atoms with Crippen molar-refractivity contribution in [2.75, 3.05) is 12.3 Å². The predicted molar refractivity (Wildman–Crippen MR) is 121 cm³/mol. The number of amides is 1. The first-order chi connectivity index (χ1) is 17.4. The third-order valence-electron chi connectivity index (χ3n) is 5.17. The Morgan fingerprint density at radius 3 is 2.77 bits per heavy atom. The summed E-state index contributed by atoms with van der Waals surface area (Å²) < 4.78 is 41.6. The minimum atomic E-state index is -3.09. The third kappa shape index (κ3) is 5.14. The highest BCUT2D eigenvalue weighted by Gasteiger charge is 2.58. The van der Waals surface area contributed by atoms with Crippen molar-refractivity contribution < 1.29 is 38.1 Å². The molecule has 0 bridgehead atoms. The molecule has 0 unspecified atom stereocenters. The maximum Gasteiger partial charge on any atom is 0.408 e. The number of carbonyl (C=O) groups excluding carboxylic acids is 2. The molecule has 0 aliphatic carbocycles. The summed E-state index contributed by atoms with van der Waals surface area (Å²) in [7, 11) is 0. The number of nitriles is 1. The van der Waals surface area contributed by atoms with Crippen LogP contribution in [0.4, 0.5) is 10.6 Å². The predicted octanol–water partition coefficient (Wildman–Crippen LogP) is 0.243. The SMILES string of the molecule is [2H]c1cc([C@]2(C#N)O[C@H](C([2H])([2H])OC(=O)[C@@H](NC(=O)OC(C)(C)C)C(C)C)[C@@H](O)[C@H]2O)n2ncnc(N)c12. The quantitative estimate of drug-likeness (QED) is 0.403. The van der Waals surface area contributed by atoms with Crippen LogP contribution < -0.4 is 11.1 Å². The van der Waals surface area contributed by atoms with Crippen LogP contribution in [0, 0.1) is 17.2 Å². The number of ether oxygens (including phenoxy) is 3. The average molecular weight is 494 g/mol. The van der Waals surface area contributed by atoms with Crippen LogP contribution in [0.2, 0.25) is 0 Å². The standard InChI is InChI=1S/C22H30N6O7/c1-11(2)15(27-20(32)35-21(3,4)5)19(31)33-8-13-16(29)17(30)22(9-23,34-13)14-7-6-12-18(24)25-10-26-28(12)14/h6-7,10-11,13,15-17,29-30H,8H2,1-5H3,(H,27,32)(H2,24,25,26)/t13-,15+,16-,17-,22+/m1/s1/i6D,8D2. The van der Waals surface area contributed by atoms with Crippen LogP contribution in [0.1, 0.15) is 44.4 Å². The first-order valence-corrected chi connectivity index (χ1v) is 10.7. The van der Waals surface area contributed by atoms with E-state index in [0.717, 1.165) is 16.9 Å². The van der Waals surface area contributed by atoms with E-state index in [1.165, 1.54) is 0 Å². The summed E-state index contributed by atoms with van der Waals surface area (Å²) in [5.74, 6) is -1.87. The molecule has 1 saturated heterocycles. The Hall–Kier alpha value is -3.47. The third-order valence-corrected chi connectivity index (χ3v) is 5.17. The lowest BCUT2D eigenvalue weighted by Crippen LogP contribution is -2.48. The van der Waals surface area contributed by atoms with Crippen LogP contribution >= 0.6 is 0 Å². The molecule has 13 heteroatoms. The molecule has 13 nitrogen and oxygen atoms in total. The summed E-state index contributed by atoms with van der Waals surface area (Å²) in [6, 6.07) is 1.28. The van der Waals surface area contributed by atoms with Crippen LogP contribution in [-0.4, -0.2) is 73.4 Å². The number of rotatable bonds is 6. The minimum absolute atomic E-state index is 0.00621. The monoisotopic (exact) mass is 493 g/mol. The number of nitrogens with two attached hydrogens (primary N) is 1. The van der Waals surface area contributed by atoms with Gasteiger partial charge in [0.1, 0.15) is 54.4 Å². The molecule has 1 fully saturated rings. The highest BCUT2D eigenvalue weighted by atomic mass is 16.6. The summed E-state index contributed by atoms with van der Waals surface area (Å²) in [5.41, 5.74) is 2.28. The molecule has 1 aliphatic heterocycles. The lowest BCUT2D eigenvalue weighted by atomic mass is 9.92. The van der Waals surface area contributed by atoms with Gasteiger partial charge in [-0.25, -0.2) is 19.1 Å². The fourth-order valence-corrected chi connectivity index (χ4v) is 3.46. The molecule has 0 aromatic carbocycles. The van der Waals surface area contributed by atoms with Crippen molar-refractivity contribution in [2.45, 2.75) is 70.2 Å². The highest BCUT2D eigenvalue weighted by molar-refractivity contribution is 5.81. The zero-order valence-electron chi connectivity index (χ0n) is 22.8. The number of nitrogen functional groups attached to an aromatic ring is 1. The van der Waals surface area contributed by atoms with Crippen molar-refractivity contribution in [1.29, 1.82) is 5.26 Å². The van der Waals surface area contributed by atoms with Crippen molar-refractivity contribution >= 4 is 23.4 Å². The second-order valence-electron chi connectivity index (χ2n) is 9.31. The van der Waals surface area contributed by atoms with Gasteiger partial charge in [0.25, 0.3) is 0 Å². The van der Waals surface area contributed by atoms with E-state index >= 15 is 0 Å². The number of esters is 1. The number of carbonyl (C=O) groups is 2. The average Bonchev–Trinajstić information content (AvgIpc) is 3.26. The van der Waals surface area contributed by atoms with E-state index < -0.39 is 60.1 Å². The summed E-state index contributed by atoms with van der Waals surface area (Å²) in [4.78, 5) is 28.9. The van der Waals surface area contributed by atoms with Crippen molar-refractivity contribution in [3.05, 3.63) is 24.1 Å². The molecule has 0 spiro atoms. The molecule has 1 aliphatic rings. The Kier molecular flexibility index (Phi) is 6.07. The van der Waals surface area contributed by atoms with Gasteiger partial charge in [0.05, 0.1) is 9.81 Å². The molecule has 1 amide bonds. The van der Waals surface area contributed by atoms with E-state index in [9.17, 15) is 25.1 Å². The molecular formula is C22H30N6O7. The van der Waals surface area contributed by atoms with Gasteiger partial charge in [-0.3, -0.25) is 0 Å². The van der Waals surface area contributed by atoms with Gasteiger partial charge in [0, 0.05) is 0 Å². The number of hydrogen-bond donors (Lipinski definition) is 4. The van der Waals surface area contributed by atoms with Gasteiger partial charge in [-0.1, -0.05) is 13.8 Å². The zero-order chi connectivity index (χ0) is 28.8. The smallest absolute Gasteiger partial charge is 0.408 e. The van der Waals surface area contributed by atoms with Gasteiger partial charge in [0.2, 0.25) is 5.60 Å². The van der Waals surface area contributed by atoms with E-state index in [0.29, 0.717) is 0 Å². The van der Waals surface area contributed by atoms with Crippen LogP contribution in [0.15, 0.2) is 18.4 Å². The van der Waals surface area contributed by atoms with E-state index in [1.807, 2.05) is 0 Å². The molecule has 5 atom stereocenters. The summed E-state index contributed by atoms with van der Waals surface area (Å²) in [6.07, 6.45) is -6.07. The molecule has 0 saturated carbocycles. The Labute approximate surface area is 206 Å². The number of alkyl carbamates (subject to hydrolysis) is 1. The lowest BCUT2D eigenvalue weighted by molar-refractivity contribution is -0.154. The second kappa shape index (κ2) is 9.65. The fourth-order valence-electron chi connectivity index (χ4n) is 3.46. The van der Waals surface area contributed by atoms with Crippen LogP contribution in [0.5, 0.6) is 0 Å². The molecule has 3 heterocycles. The molecule has 3 rings (SSSR count). The highest BCUT2D eigenvalue weighted by Crippen LogP contribution is 2.40. The Morgan fingerprint density at radius 2 is 2.17 bits per heavy atom. The minimum Gasteiger partial charge on any atom is -0.461 e. The topological polar surface area (TPSA) is 194 Å². The largest absolute Gasteiger partial charge is 0.461 e. The maximum absolute atomic E-state index is 12.9.